The maximum Gasteiger partial charge on any atom is 0.320 e. The molecule has 9 heteroatoms. The van der Waals surface area contributed by atoms with Gasteiger partial charge in [0.2, 0.25) is 0 Å². The lowest BCUT2D eigenvalue weighted by molar-refractivity contribution is -0.139. The van der Waals surface area contributed by atoms with Crippen LogP contribution in [0, 0.1) is 0 Å². The Hall–Kier alpha value is 0.310. The molecular formula is C6H13Cl2NO4S2. The predicted molar refractivity (Wildman–Crippen MR) is 64.1 cm³/mol. The maximum absolute atomic E-state index is 10.4. The number of carboxylic acid groups (broad SMARTS) is 1. The second kappa shape index (κ2) is 9.53. The van der Waals surface area contributed by atoms with E-state index in [4.69, 9.17) is 13.5 Å². The molecule has 0 bridgehead atoms. The molecule has 0 aromatic carbocycles. The third kappa shape index (κ3) is 20.4. The molecule has 0 amide bonds. The van der Waals surface area contributed by atoms with Crippen LogP contribution in [-0.2, 0) is 13.1 Å². The maximum atomic E-state index is 10.4. The molecule has 0 aliphatic rings. The summed E-state index contributed by atoms with van der Waals surface area (Å²) in [6, 6.07) is -0.382. The van der Waals surface area contributed by atoms with Crippen molar-refractivity contribution in [3.05, 3.63) is 0 Å². The van der Waals surface area contributed by atoms with E-state index in [-0.39, 0.29) is 6.04 Å². The molecule has 0 rings (SSSR count). The zero-order chi connectivity index (χ0) is 12.5. The van der Waals surface area contributed by atoms with Gasteiger partial charge in [-0.15, -0.1) is 0 Å². The quantitative estimate of drug-likeness (QED) is 0.740. The smallest absolute Gasteiger partial charge is 0.320 e. The molecule has 0 saturated heterocycles. The Morgan fingerprint density at radius 3 is 2.13 bits per heavy atom. The number of carbonyl (C=O) groups is 1. The van der Waals surface area contributed by atoms with Gasteiger partial charge in [0.1, 0.15) is 6.04 Å². The highest BCUT2D eigenvalue weighted by Crippen LogP contribution is 1.99. The first-order valence-electron chi connectivity index (χ1n) is 3.75. The lowest BCUT2D eigenvalue weighted by Crippen LogP contribution is -2.34. The van der Waals surface area contributed by atoms with Crippen LogP contribution in [0.4, 0.5) is 0 Å². The van der Waals surface area contributed by atoms with Gasteiger partial charge in [-0.3, -0.25) is 4.79 Å². The second-order valence-corrected chi connectivity index (χ2v) is 6.99. The van der Waals surface area contributed by atoms with Crippen LogP contribution in [-0.4, -0.2) is 44.6 Å². The van der Waals surface area contributed by atoms with Gasteiger partial charge in [-0.05, 0) is 25.5 Å². The van der Waals surface area contributed by atoms with Gasteiger partial charge >= 0.3 is 14.2 Å². The van der Waals surface area contributed by atoms with Crippen molar-refractivity contribution in [1.82, 2.24) is 5.32 Å². The number of likely N-dealkylation sites (N-methyl/N-ethyl adjacent to an activating group) is 1. The van der Waals surface area contributed by atoms with Gasteiger partial charge in [-0.25, -0.2) is 0 Å². The second-order valence-electron chi connectivity index (χ2n) is 2.34. The Bertz CT molecular complexity index is 262. The highest BCUT2D eigenvalue weighted by Gasteiger charge is 2.12. The summed E-state index contributed by atoms with van der Waals surface area (Å²) >= 11 is 1.66. The third-order valence-corrected chi connectivity index (χ3v) is 1.90. The molecule has 15 heavy (non-hydrogen) atoms. The van der Waals surface area contributed by atoms with E-state index in [1.165, 1.54) is 0 Å². The minimum absolute atomic E-state index is 0.382. The highest BCUT2D eigenvalue weighted by molar-refractivity contribution is 8.31. The molecule has 0 saturated carbocycles. The summed E-state index contributed by atoms with van der Waals surface area (Å²) in [6.45, 7) is 0. The number of nitrogens with one attached hydrogen (secondary N) is 1. The minimum Gasteiger partial charge on any atom is -0.480 e. The Kier molecular flexibility index (Phi) is 11.2. The lowest BCUT2D eigenvalue weighted by atomic mass is 10.2. The molecule has 0 fully saturated rings. The van der Waals surface area contributed by atoms with Crippen molar-refractivity contribution in [2.75, 3.05) is 19.1 Å². The van der Waals surface area contributed by atoms with Crippen LogP contribution in [0.1, 0.15) is 6.42 Å². The van der Waals surface area contributed by atoms with Crippen LogP contribution in [0.15, 0.2) is 0 Å². The normalized spacial score (nSPS) is 12.5. The first kappa shape index (κ1) is 17.7. The van der Waals surface area contributed by atoms with E-state index < -0.39 is 14.2 Å². The number of hydrogen-bond donors (Lipinski definition) is 2. The van der Waals surface area contributed by atoms with Crippen molar-refractivity contribution < 1.29 is 18.3 Å². The molecule has 0 aliphatic carbocycles. The lowest BCUT2D eigenvalue weighted by Gasteiger charge is -2.08. The Morgan fingerprint density at radius 1 is 1.53 bits per heavy atom. The van der Waals surface area contributed by atoms with Crippen LogP contribution in [0.2, 0.25) is 0 Å². The summed E-state index contributed by atoms with van der Waals surface area (Å²) in [6.07, 6.45) is 2.65. The van der Waals surface area contributed by atoms with E-state index in [1.807, 2.05) is 6.26 Å². The molecule has 0 aliphatic heterocycles. The van der Waals surface area contributed by atoms with Gasteiger partial charge < -0.3 is 10.4 Å². The fraction of sp³-hybridized carbons (Fsp3) is 0.833. The van der Waals surface area contributed by atoms with Crippen molar-refractivity contribution in [2.24, 2.45) is 0 Å². The van der Waals surface area contributed by atoms with Crippen LogP contribution >= 0.6 is 33.1 Å². The van der Waals surface area contributed by atoms with E-state index in [1.54, 1.807) is 18.8 Å². The Morgan fingerprint density at radius 2 is 1.93 bits per heavy atom. The molecular weight excluding hydrogens is 285 g/mol. The molecule has 92 valence electrons. The topological polar surface area (TPSA) is 83.5 Å². The van der Waals surface area contributed by atoms with Crippen molar-refractivity contribution in [1.29, 1.82) is 0 Å². The monoisotopic (exact) mass is 297 g/mol. The summed E-state index contributed by atoms with van der Waals surface area (Å²) in [4.78, 5) is 10.4. The van der Waals surface area contributed by atoms with Crippen molar-refractivity contribution in [2.45, 2.75) is 12.5 Å². The van der Waals surface area contributed by atoms with Gasteiger partial charge in [-0.2, -0.15) is 20.2 Å². The van der Waals surface area contributed by atoms with E-state index >= 15 is 0 Å². The molecule has 5 nitrogen and oxygen atoms in total. The summed E-state index contributed by atoms with van der Waals surface area (Å²) in [7, 11) is 6.48. The average molecular weight is 298 g/mol. The van der Waals surface area contributed by atoms with Gasteiger partial charge in [0, 0.05) is 21.4 Å². The number of hydrogen-bond acceptors (Lipinski definition) is 5. The SMILES string of the molecule is CNC(CCSC)C(=O)O.O=S(=O)(Cl)Cl. The Balaban J connectivity index is 0. The molecule has 0 aromatic rings. The number of thioether (sulfide) groups is 1. The molecule has 2 N–H and O–H groups in total. The fourth-order valence-corrected chi connectivity index (χ4v) is 1.10. The summed E-state index contributed by atoms with van der Waals surface area (Å²) in [5.74, 6) is 0.120. The zero-order valence-corrected chi connectivity index (χ0v) is 11.4. The van der Waals surface area contributed by atoms with Crippen LogP contribution in [0.3, 0.4) is 0 Å². The number of rotatable bonds is 5. The summed E-state index contributed by atoms with van der Waals surface area (Å²) in [5.41, 5.74) is 0. The van der Waals surface area contributed by atoms with E-state index in [0.29, 0.717) is 6.42 Å². The molecule has 0 spiro atoms. The van der Waals surface area contributed by atoms with Gasteiger partial charge in [0.15, 0.2) is 0 Å². The largest absolute Gasteiger partial charge is 0.480 e. The molecule has 0 heterocycles. The minimum atomic E-state index is -3.72. The highest BCUT2D eigenvalue weighted by atomic mass is 36.0. The van der Waals surface area contributed by atoms with Crippen LogP contribution in [0.25, 0.3) is 0 Å². The number of halogens is 2. The molecule has 0 aromatic heterocycles. The van der Waals surface area contributed by atoms with Crippen molar-refractivity contribution in [3.63, 3.8) is 0 Å². The van der Waals surface area contributed by atoms with Crippen molar-refractivity contribution in [3.8, 4) is 0 Å². The summed E-state index contributed by atoms with van der Waals surface area (Å²) in [5, 5.41) is 11.3. The van der Waals surface area contributed by atoms with Crippen molar-refractivity contribution >= 4 is 47.4 Å². The third-order valence-electron chi connectivity index (χ3n) is 1.26. The first-order chi connectivity index (χ1) is 6.72. The first-order valence-corrected chi connectivity index (χ1v) is 8.28. The average Bonchev–Trinajstić information content (AvgIpc) is 2.02. The van der Waals surface area contributed by atoms with Gasteiger partial charge in [0.05, 0.1) is 0 Å². The molecule has 0 radical (unpaired) electrons. The van der Waals surface area contributed by atoms with Crippen LogP contribution < -0.4 is 5.32 Å². The van der Waals surface area contributed by atoms with E-state index in [0.717, 1.165) is 5.75 Å². The number of carboxylic acids is 1. The standard InChI is InChI=1S/C6H13NO2S.Cl2O2S/c1-7-5(6(8)9)3-4-10-2;1-5(2,3)4/h5,7H,3-4H2,1-2H3,(H,8,9);. The molecule has 1 unspecified atom stereocenters. The van der Waals surface area contributed by atoms with Gasteiger partial charge in [0.25, 0.3) is 0 Å². The fourth-order valence-electron chi connectivity index (χ4n) is 0.627. The Labute approximate surface area is 102 Å². The predicted octanol–water partition coefficient (Wildman–Crippen LogP) is 1.12. The van der Waals surface area contributed by atoms with Gasteiger partial charge in [-0.1, -0.05) is 0 Å². The summed E-state index contributed by atoms with van der Waals surface area (Å²) < 4.78 is 18.3. The van der Waals surface area contributed by atoms with E-state index in [2.05, 4.69) is 26.7 Å². The van der Waals surface area contributed by atoms with Crippen LogP contribution in [0.5, 0.6) is 0 Å². The molecule has 1 atom stereocenters. The zero-order valence-electron chi connectivity index (χ0n) is 8.24. The van der Waals surface area contributed by atoms with E-state index in [9.17, 15) is 4.79 Å². The number of aliphatic carboxylic acids is 1.